The van der Waals surface area contributed by atoms with Gasteiger partial charge in [-0.15, -0.1) is 11.8 Å². The Morgan fingerprint density at radius 3 is 2.11 bits per heavy atom. The summed E-state index contributed by atoms with van der Waals surface area (Å²) in [6.45, 7) is 3.82. The van der Waals surface area contributed by atoms with E-state index in [4.69, 9.17) is 0 Å². The van der Waals surface area contributed by atoms with Crippen molar-refractivity contribution < 1.29 is 26.3 Å². The molecule has 0 aromatic carbocycles. The van der Waals surface area contributed by atoms with Crippen molar-refractivity contribution in [3.05, 3.63) is 35.7 Å². The number of aromatic nitrogens is 4. The van der Waals surface area contributed by atoms with Crippen LogP contribution >= 0.6 is 11.8 Å². The average Bonchev–Trinajstić information content (AvgIpc) is 2.98. The first-order chi connectivity index (χ1) is 13.1. The van der Waals surface area contributed by atoms with Crippen LogP contribution in [-0.2, 0) is 18.9 Å². The Morgan fingerprint density at radius 1 is 0.929 bits per heavy atom. The predicted molar refractivity (Wildman–Crippen MR) is 92.8 cm³/mol. The topological polar surface area (TPSA) is 43.6 Å². The lowest BCUT2D eigenvalue weighted by Gasteiger charge is -2.12. The van der Waals surface area contributed by atoms with Crippen LogP contribution in [0.2, 0.25) is 0 Å². The maximum atomic E-state index is 13.0. The smallest absolute Gasteiger partial charge is 0.308 e. The summed E-state index contributed by atoms with van der Waals surface area (Å²) in [4.78, 5) is 12.3. The highest BCUT2D eigenvalue weighted by Crippen LogP contribution is 2.37. The monoisotopic (exact) mass is 420 g/mol. The minimum Gasteiger partial charge on any atom is -0.308 e. The summed E-state index contributed by atoms with van der Waals surface area (Å²) >= 11 is 1.15. The lowest BCUT2D eigenvalue weighted by Crippen LogP contribution is -2.08. The molecule has 0 aliphatic heterocycles. The van der Waals surface area contributed by atoms with Crippen molar-refractivity contribution in [3.63, 3.8) is 0 Å². The van der Waals surface area contributed by atoms with Crippen LogP contribution in [0.1, 0.15) is 25.0 Å². The van der Waals surface area contributed by atoms with Gasteiger partial charge in [-0.25, -0.2) is 9.97 Å². The van der Waals surface area contributed by atoms with Crippen LogP contribution < -0.4 is 0 Å². The number of aryl methyl sites for hydroxylation is 1. The van der Waals surface area contributed by atoms with Crippen molar-refractivity contribution in [1.82, 2.24) is 19.5 Å². The molecule has 3 aromatic heterocycles. The Morgan fingerprint density at radius 2 is 1.54 bits per heavy atom. The first-order valence-electron chi connectivity index (χ1n) is 8.20. The van der Waals surface area contributed by atoms with Crippen LogP contribution in [0.3, 0.4) is 0 Å². The van der Waals surface area contributed by atoms with Gasteiger partial charge in [-0.2, -0.15) is 26.3 Å². The number of pyridine rings is 2. The van der Waals surface area contributed by atoms with Crippen LogP contribution in [0.4, 0.5) is 26.3 Å². The van der Waals surface area contributed by atoms with Crippen molar-refractivity contribution in [1.29, 1.82) is 0 Å². The molecule has 0 N–H and O–H groups in total. The fourth-order valence-electron chi connectivity index (χ4n) is 2.68. The summed E-state index contributed by atoms with van der Waals surface area (Å²) in [5.41, 5.74) is -1.46. The number of thioether (sulfide) groups is 1. The Hall–Kier alpha value is -2.30. The summed E-state index contributed by atoms with van der Waals surface area (Å²) in [5, 5.41) is 0. The average molecular weight is 420 g/mol. The van der Waals surface area contributed by atoms with E-state index in [2.05, 4.69) is 15.0 Å². The fourth-order valence-corrected chi connectivity index (χ4v) is 3.48. The summed E-state index contributed by atoms with van der Waals surface area (Å²) in [6.07, 6.45) is -7.72. The third kappa shape index (κ3) is 3.80. The number of nitrogens with zero attached hydrogens (tertiary/aromatic N) is 4. The van der Waals surface area contributed by atoms with Crippen LogP contribution in [0, 0.1) is 0 Å². The molecule has 0 aliphatic rings. The number of alkyl halides is 6. The fraction of sp³-hybridized carbons (Fsp3) is 0.353. The molecule has 0 aliphatic carbocycles. The number of hydrogen-bond acceptors (Lipinski definition) is 4. The second kappa shape index (κ2) is 7.26. The van der Waals surface area contributed by atoms with Gasteiger partial charge in [0.2, 0.25) is 0 Å². The molecular formula is C17H14F6N4S. The normalized spacial score (nSPS) is 12.7. The largest absolute Gasteiger partial charge is 0.417 e. The Labute approximate surface area is 160 Å². The molecule has 0 radical (unpaired) electrons. The zero-order valence-electron chi connectivity index (χ0n) is 14.7. The van der Waals surface area contributed by atoms with E-state index in [-0.39, 0.29) is 27.6 Å². The first-order valence-corrected chi connectivity index (χ1v) is 9.18. The highest BCUT2D eigenvalue weighted by molar-refractivity contribution is 7.99. The molecule has 3 aromatic rings. The van der Waals surface area contributed by atoms with Gasteiger partial charge in [-0.05, 0) is 24.8 Å². The second-order valence-electron chi connectivity index (χ2n) is 5.75. The minimum absolute atomic E-state index is 0.000761. The Bertz CT molecular complexity index is 1010. The molecule has 0 spiro atoms. The number of imidazole rings is 1. The summed E-state index contributed by atoms with van der Waals surface area (Å²) in [6, 6.07) is 1.85. The lowest BCUT2D eigenvalue weighted by atomic mass is 10.2. The van der Waals surface area contributed by atoms with E-state index in [0.29, 0.717) is 24.7 Å². The van der Waals surface area contributed by atoms with E-state index in [1.54, 1.807) is 13.8 Å². The van der Waals surface area contributed by atoms with E-state index in [0.717, 1.165) is 23.9 Å². The third-order valence-electron chi connectivity index (χ3n) is 3.92. The summed E-state index contributed by atoms with van der Waals surface area (Å²) < 4.78 is 79.5. The summed E-state index contributed by atoms with van der Waals surface area (Å²) in [7, 11) is 0. The first kappa shape index (κ1) is 20.4. The quantitative estimate of drug-likeness (QED) is 0.403. The number of rotatable bonds is 4. The highest BCUT2D eigenvalue weighted by Gasteiger charge is 2.33. The molecule has 11 heteroatoms. The van der Waals surface area contributed by atoms with Gasteiger partial charge in [-0.1, -0.05) is 6.92 Å². The Balaban J connectivity index is 2.22. The van der Waals surface area contributed by atoms with Gasteiger partial charge in [-0.3, -0.25) is 4.98 Å². The van der Waals surface area contributed by atoms with Gasteiger partial charge < -0.3 is 4.57 Å². The zero-order valence-corrected chi connectivity index (χ0v) is 15.5. The maximum absolute atomic E-state index is 13.0. The highest BCUT2D eigenvalue weighted by atomic mass is 32.2. The molecule has 0 saturated heterocycles. The molecule has 0 saturated carbocycles. The lowest BCUT2D eigenvalue weighted by molar-refractivity contribution is -0.138. The molecular weight excluding hydrogens is 406 g/mol. The van der Waals surface area contributed by atoms with Crippen LogP contribution in [0.25, 0.3) is 22.7 Å². The minimum atomic E-state index is -4.58. The van der Waals surface area contributed by atoms with E-state index in [9.17, 15) is 26.3 Å². The van der Waals surface area contributed by atoms with E-state index in [1.165, 1.54) is 4.57 Å². The van der Waals surface area contributed by atoms with Crippen LogP contribution in [0.15, 0.2) is 29.4 Å². The molecule has 0 fully saturated rings. The van der Waals surface area contributed by atoms with E-state index >= 15 is 0 Å². The molecule has 150 valence electrons. The molecule has 4 nitrogen and oxygen atoms in total. The number of halogens is 6. The zero-order chi connectivity index (χ0) is 20.7. The molecule has 28 heavy (non-hydrogen) atoms. The van der Waals surface area contributed by atoms with E-state index < -0.39 is 23.5 Å². The van der Waals surface area contributed by atoms with Crippen LogP contribution in [0.5, 0.6) is 0 Å². The van der Waals surface area contributed by atoms with Gasteiger partial charge in [0.1, 0.15) is 11.2 Å². The maximum Gasteiger partial charge on any atom is 0.417 e. The number of fused-ring (bicyclic) bond motifs is 1. The SMILES string of the molecule is CCSc1cc(C(F)(F)F)cnc1-c1nc2cc(C(F)(F)F)cnc2n1CC. The van der Waals surface area contributed by atoms with Crippen molar-refractivity contribution in [2.24, 2.45) is 0 Å². The van der Waals surface area contributed by atoms with Gasteiger partial charge in [0.05, 0.1) is 11.1 Å². The molecule has 3 rings (SSSR count). The second-order valence-corrected chi connectivity index (χ2v) is 7.05. The van der Waals surface area contributed by atoms with Gasteiger partial charge in [0.15, 0.2) is 11.5 Å². The Kier molecular flexibility index (Phi) is 5.30. The molecule has 3 heterocycles. The van der Waals surface area contributed by atoms with Gasteiger partial charge in [0.25, 0.3) is 0 Å². The van der Waals surface area contributed by atoms with E-state index in [1.807, 2.05) is 0 Å². The third-order valence-corrected chi connectivity index (χ3v) is 4.83. The van der Waals surface area contributed by atoms with Crippen molar-refractivity contribution in [2.45, 2.75) is 37.6 Å². The number of hydrogen-bond donors (Lipinski definition) is 0. The van der Waals surface area contributed by atoms with Crippen LogP contribution in [-0.4, -0.2) is 25.3 Å². The van der Waals surface area contributed by atoms with Crippen molar-refractivity contribution >= 4 is 22.9 Å². The molecule has 0 atom stereocenters. The standard InChI is InChI=1S/C17H14F6N4S/c1-3-27-14-11(5-9(8-25-14)16(18,19)20)26-15(27)13-12(28-4-2)6-10(7-24-13)17(21,22)23/h5-8H,3-4H2,1-2H3. The van der Waals surface area contributed by atoms with Gasteiger partial charge >= 0.3 is 12.4 Å². The summed E-state index contributed by atoms with van der Waals surface area (Å²) in [5.74, 6) is 0.660. The van der Waals surface area contributed by atoms with Crippen molar-refractivity contribution in [3.8, 4) is 11.5 Å². The molecule has 0 amide bonds. The van der Waals surface area contributed by atoms with Crippen molar-refractivity contribution in [2.75, 3.05) is 5.75 Å². The molecule has 0 unspecified atom stereocenters. The molecule has 0 bridgehead atoms. The predicted octanol–water partition coefficient (Wildman–Crippen LogP) is 5.66. The van der Waals surface area contributed by atoms with Gasteiger partial charge in [0, 0.05) is 23.8 Å².